The van der Waals surface area contributed by atoms with E-state index in [1.54, 1.807) is 13.0 Å². The first-order valence-electron chi connectivity index (χ1n) is 3.07. The standard InChI is InChI=1S/C7H11NO2/c1-3-4-6(2)7(10)8-5-9/h3,5-6H,1,4H2,2H3,(H,8,9,10). The Hall–Kier alpha value is -1.12. The van der Waals surface area contributed by atoms with Gasteiger partial charge in [0.05, 0.1) is 0 Å². The largest absolute Gasteiger partial charge is 0.299 e. The van der Waals surface area contributed by atoms with Crippen LogP contribution in [0.25, 0.3) is 0 Å². The van der Waals surface area contributed by atoms with E-state index >= 15 is 0 Å². The van der Waals surface area contributed by atoms with Crippen LogP contribution in [0.5, 0.6) is 0 Å². The van der Waals surface area contributed by atoms with Gasteiger partial charge in [0.15, 0.2) is 0 Å². The van der Waals surface area contributed by atoms with E-state index < -0.39 is 0 Å². The fraction of sp³-hybridized carbons (Fsp3) is 0.429. The van der Waals surface area contributed by atoms with Crippen LogP contribution in [-0.4, -0.2) is 12.3 Å². The maximum atomic E-state index is 10.7. The average Bonchev–Trinajstić information content (AvgIpc) is 1.89. The number of rotatable bonds is 4. The smallest absolute Gasteiger partial charge is 0.229 e. The molecule has 2 amide bonds. The Morgan fingerprint density at radius 2 is 2.40 bits per heavy atom. The number of hydrogen-bond acceptors (Lipinski definition) is 2. The quantitative estimate of drug-likeness (QED) is 0.457. The molecule has 1 N–H and O–H groups in total. The fourth-order valence-corrected chi connectivity index (χ4v) is 0.557. The van der Waals surface area contributed by atoms with E-state index in [0.717, 1.165) is 0 Å². The highest BCUT2D eigenvalue weighted by atomic mass is 16.2. The van der Waals surface area contributed by atoms with Crippen molar-refractivity contribution in [2.45, 2.75) is 13.3 Å². The third-order valence-electron chi connectivity index (χ3n) is 1.17. The van der Waals surface area contributed by atoms with Crippen molar-refractivity contribution in [3.05, 3.63) is 12.7 Å². The molecular weight excluding hydrogens is 130 g/mol. The summed E-state index contributed by atoms with van der Waals surface area (Å²) >= 11 is 0. The molecule has 0 bridgehead atoms. The van der Waals surface area contributed by atoms with Crippen LogP contribution in [0.2, 0.25) is 0 Å². The molecule has 0 spiro atoms. The van der Waals surface area contributed by atoms with Crippen LogP contribution in [0.15, 0.2) is 12.7 Å². The highest BCUT2D eigenvalue weighted by Gasteiger charge is 2.08. The van der Waals surface area contributed by atoms with E-state index in [0.29, 0.717) is 12.8 Å². The summed E-state index contributed by atoms with van der Waals surface area (Å²) in [6.45, 7) is 5.21. The first-order chi connectivity index (χ1) is 4.72. The topological polar surface area (TPSA) is 46.2 Å². The number of carbonyl (C=O) groups is 2. The summed E-state index contributed by atoms with van der Waals surface area (Å²) in [7, 11) is 0. The van der Waals surface area contributed by atoms with Crippen molar-refractivity contribution in [3.8, 4) is 0 Å². The van der Waals surface area contributed by atoms with E-state index in [1.165, 1.54) is 0 Å². The number of allylic oxidation sites excluding steroid dienone is 1. The maximum Gasteiger partial charge on any atom is 0.229 e. The van der Waals surface area contributed by atoms with Gasteiger partial charge in [-0.2, -0.15) is 0 Å². The molecule has 3 nitrogen and oxygen atoms in total. The molecule has 0 saturated carbocycles. The van der Waals surface area contributed by atoms with Gasteiger partial charge < -0.3 is 0 Å². The molecule has 0 aromatic rings. The van der Waals surface area contributed by atoms with Crippen molar-refractivity contribution in [1.82, 2.24) is 5.32 Å². The Bertz CT molecular complexity index is 143. The first-order valence-corrected chi connectivity index (χ1v) is 3.07. The Balaban J connectivity index is 3.68. The minimum absolute atomic E-state index is 0.164. The zero-order valence-electron chi connectivity index (χ0n) is 5.96. The van der Waals surface area contributed by atoms with Gasteiger partial charge in [0.25, 0.3) is 0 Å². The second kappa shape index (κ2) is 4.73. The molecule has 0 saturated heterocycles. The van der Waals surface area contributed by atoms with Gasteiger partial charge in [-0.1, -0.05) is 13.0 Å². The van der Waals surface area contributed by atoms with Crippen LogP contribution in [0.1, 0.15) is 13.3 Å². The molecule has 3 heteroatoms. The van der Waals surface area contributed by atoms with Gasteiger partial charge >= 0.3 is 0 Å². The number of amides is 2. The summed E-state index contributed by atoms with van der Waals surface area (Å²) in [4.78, 5) is 20.5. The van der Waals surface area contributed by atoms with Gasteiger partial charge in [0, 0.05) is 5.92 Å². The predicted molar refractivity (Wildman–Crippen MR) is 38.2 cm³/mol. The lowest BCUT2D eigenvalue weighted by atomic mass is 10.1. The monoisotopic (exact) mass is 141 g/mol. The van der Waals surface area contributed by atoms with Crippen molar-refractivity contribution < 1.29 is 9.59 Å². The number of nitrogens with one attached hydrogen (secondary N) is 1. The van der Waals surface area contributed by atoms with E-state index in [9.17, 15) is 9.59 Å². The van der Waals surface area contributed by atoms with Gasteiger partial charge in [-0.15, -0.1) is 6.58 Å². The molecule has 0 heterocycles. The third-order valence-corrected chi connectivity index (χ3v) is 1.17. The Morgan fingerprint density at radius 1 is 1.80 bits per heavy atom. The first kappa shape index (κ1) is 8.88. The molecule has 1 atom stereocenters. The maximum absolute atomic E-state index is 10.7. The second-order valence-electron chi connectivity index (χ2n) is 2.05. The van der Waals surface area contributed by atoms with E-state index in [4.69, 9.17) is 0 Å². The van der Waals surface area contributed by atoms with Crippen molar-refractivity contribution in [2.75, 3.05) is 0 Å². The van der Waals surface area contributed by atoms with Crippen LogP contribution < -0.4 is 5.32 Å². The SMILES string of the molecule is C=CCC(C)C(=O)NC=O. The van der Waals surface area contributed by atoms with E-state index in [1.807, 2.05) is 0 Å². The molecule has 0 aliphatic rings. The number of imide groups is 1. The van der Waals surface area contributed by atoms with Crippen LogP contribution >= 0.6 is 0 Å². The molecule has 0 aliphatic carbocycles. The molecule has 0 radical (unpaired) electrons. The lowest BCUT2D eigenvalue weighted by Crippen LogP contribution is -2.27. The molecular formula is C7H11NO2. The zero-order chi connectivity index (χ0) is 7.98. The molecule has 0 aliphatic heterocycles. The molecule has 1 unspecified atom stereocenters. The highest BCUT2D eigenvalue weighted by Crippen LogP contribution is 2.00. The van der Waals surface area contributed by atoms with Crippen LogP contribution in [-0.2, 0) is 9.59 Å². The minimum atomic E-state index is -0.255. The third kappa shape index (κ3) is 3.02. The summed E-state index contributed by atoms with van der Waals surface area (Å²) in [5.74, 6) is -0.419. The van der Waals surface area contributed by atoms with Gasteiger partial charge in [-0.25, -0.2) is 0 Å². The van der Waals surface area contributed by atoms with Crippen molar-refractivity contribution in [3.63, 3.8) is 0 Å². The van der Waals surface area contributed by atoms with Crippen molar-refractivity contribution in [2.24, 2.45) is 5.92 Å². The lowest BCUT2D eigenvalue weighted by molar-refractivity contribution is -0.127. The lowest BCUT2D eigenvalue weighted by Gasteiger charge is -2.03. The van der Waals surface area contributed by atoms with Gasteiger partial charge in [0.1, 0.15) is 0 Å². The summed E-state index contributed by atoms with van der Waals surface area (Å²) in [5, 5.41) is 2.06. The van der Waals surface area contributed by atoms with Crippen LogP contribution in [0, 0.1) is 5.92 Å². The molecule has 0 fully saturated rings. The zero-order valence-corrected chi connectivity index (χ0v) is 5.96. The Labute approximate surface area is 60.1 Å². The van der Waals surface area contributed by atoms with Gasteiger partial charge in [-0.3, -0.25) is 14.9 Å². The average molecular weight is 141 g/mol. The Morgan fingerprint density at radius 3 is 2.80 bits per heavy atom. The number of carbonyl (C=O) groups excluding carboxylic acids is 2. The van der Waals surface area contributed by atoms with Crippen molar-refractivity contribution in [1.29, 1.82) is 0 Å². The normalized spacial score (nSPS) is 11.7. The second-order valence-corrected chi connectivity index (χ2v) is 2.05. The van der Waals surface area contributed by atoms with Gasteiger partial charge in [0.2, 0.25) is 12.3 Å². The van der Waals surface area contributed by atoms with Crippen LogP contribution in [0.4, 0.5) is 0 Å². The van der Waals surface area contributed by atoms with Crippen LogP contribution in [0.3, 0.4) is 0 Å². The van der Waals surface area contributed by atoms with E-state index in [-0.39, 0.29) is 11.8 Å². The van der Waals surface area contributed by atoms with Crippen molar-refractivity contribution >= 4 is 12.3 Å². The van der Waals surface area contributed by atoms with E-state index in [2.05, 4.69) is 11.9 Å². The summed E-state index contributed by atoms with van der Waals surface area (Å²) in [5.41, 5.74) is 0. The summed E-state index contributed by atoms with van der Waals surface area (Å²) in [6.07, 6.45) is 2.64. The minimum Gasteiger partial charge on any atom is -0.299 e. The highest BCUT2D eigenvalue weighted by molar-refractivity contribution is 5.87. The number of hydrogen-bond donors (Lipinski definition) is 1. The summed E-state index contributed by atoms with van der Waals surface area (Å²) in [6, 6.07) is 0. The van der Waals surface area contributed by atoms with Gasteiger partial charge in [-0.05, 0) is 6.42 Å². The molecule has 0 aromatic heterocycles. The molecule has 0 rings (SSSR count). The fourth-order valence-electron chi connectivity index (χ4n) is 0.557. The molecule has 10 heavy (non-hydrogen) atoms. The Kier molecular flexibility index (Phi) is 4.20. The molecule has 0 aromatic carbocycles. The summed E-state index contributed by atoms with van der Waals surface area (Å²) < 4.78 is 0. The predicted octanol–water partition coefficient (Wildman–Crippen LogP) is 0.471. The molecule has 56 valence electrons.